The fourth-order valence-electron chi connectivity index (χ4n) is 12.3. The fourth-order valence-corrected chi connectivity index (χ4v) is 12.3. The highest BCUT2D eigenvalue weighted by Gasteiger charge is 2.46. The molecular formula is C71H47N. The number of hydrogen-bond acceptors (Lipinski definition) is 1. The van der Waals surface area contributed by atoms with Crippen molar-refractivity contribution in [2.24, 2.45) is 0 Å². The van der Waals surface area contributed by atoms with E-state index in [4.69, 9.17) is 0 Å². The lowest BCUT2D eigenvalue weighted by Gasteiger charge is -2.35. The van der Waals surface area contributed by atoms with Crippen molar-refractivity contribution in [1.29, 1.82) is 0 Å². The summed E-state index contributed by atoms with van der Waals surface area (Å²) in [4.78, 5) is 2.55. The highest BCUT2D eigenvalue weighted by atomic mass is 15.1. The number of nitrogens with zero attached hydrogens (tertiary/aromatic N) is 1. The van der Waals surface area contributed by atoms with E-state index in [1.807, 2.05) is 0 Å². The van der Waals surface area contributed by atoms with Crippen LogP contribution in [-0.4, -0.2) is 0 Å². The van der Waals surface area contributed by atoms with Crippen molar-refractivity contribution in [2.75, 3.05) is 4.90 Å². The second-order valence-electron chi connectivity index (χ2n) is 19.1. The molecule has 0 saturated heterocycles. The van der Waals surface area contributed by atoms with Crippen LogP contribution in [0.1, 0.15) is 22.3 Å². The van der Waals surface area contributed by atoms with Crippen LogP contribution in [0.3, 0.4) is 0 Å². The van der Waals surface area contributed by atoms with Crippen molar-refractivity contribution in [3.8, 4) is 44.5 Å². The van der Waals surface area contributed by atoms with E-state index in [2.05, 4.69) is 290 Å². The van der Waals surface area contributed by atoms with E-state index in [0.717, 1.165) is 28.2 Å². The minimum atomic E-state index is -0.563. The van der Waals surface area contributed by atoms with E-state index in [9.17, 15) is 0 Å². The zero-order chi connectivity index (χ0) is 47.6. The lowest BCUT2D eigenvalue weighted by molar-refractivity contribution is 0.768. The number of para-hydroxylation sites is 1. The van der Waals surface area contributed by atoms with Gasteiger partial charge in [0.25, 0.3) is 0 Å². The molecule has 336 valence electrons. The predicted octanol–water partition coefficient (Wildman–Crippen LogP) is 19.1. The molecule has 0 amide bonds. The van der Waals surface area contributed by atoms with Gasteiger partial charge in [-0.25, -0.2) is 0 Å². The van der Waals surface area contributed by atoms with Gasteiger partial charge >= 0.3 is 0 Å². The predicted molar refractivity (Wildman–Crippen MR) is 305 cm³/mol. The molecule has 1 aliphatic rings. The van der Waals surface area contributed by atoms with Crippen LogP contribution < -0.4 is 4.90 Å². The molecule has 13 aromatic carbocycles. The van der Waals surface area contributed by atoms with Crippen LogP contribution in [0.2, 0.25) is 0 Å². The highest BCUT2D eigenvalue weighted by Crippen LogP contribution is 2.58. The summed E-state index contributed by atoms with van der Waals surface area (Å²) in [7, 11) is 0. The lowest BCUT2D eigenvalue weighted by atomic mass is 9.67. The molecule has 0 bridgehead atoms. The van der Waals surface area contributed by atoms with Gasteiger partial charge in [0.05, 0.1) is 16.8 Å². The van der Waals surface area contributed by atoms with Gasteiger partial charge in [-0.05, 0) is 129 Å². The topological polar surface area (TPSA) is 3.24 Å². The third kappa shape index (κ3) is 6.41. The smallest absolute Gasteiger partial charge is 0.0714 e. The molecule has 13 aromatic rings. The first-order valence-corrected chi connectivity index (χ1v) is 25.0. The fraction of sp³-hybridized carbons (Fsp3) is 0.0141. The third-order valence-corrected chi connectivity index (χ3v) is 15.3. The highest BCUT2D eigenvalue weighted by molar-refractivity contribution is 6.22. The van der Waals surface area contributed by atoms with Gasteiger partial charge < -0.3 is 4.90 Å². The Balaban J connectivity index is 1.07. The Labute approximate surface area is 420 Å². The summed E-state index contributed by atoms with van der Waals surface area (Å²) in [5.74, 6) is 0. The second-order valence-corrected chi connectivity index (χ2v) is 19.1. The first-order chi connectivity index (χ1) is 35.8. The molecule has 0 heterocycles. The van der Waals surface area contributed by atoms with Gasteiger partial charge in [-0.2, -0.15) is 0 Å². The monoisotopic (exact) mass is 913 g/mol. The van der Waals surface area contributed by atoms with E-state index >= 15 is 0 Å². The largest absolute Gasteiger partial charge is 0.309 e. The molecule has 0 spiro atoms. The molecule has 14 rings (SSSR count). The van der Waals surface area contributed by atoms with Crippen LogP contribution in [0.25, 0.3) is 87.6 Å². The van der Waals surface area contributed by atoms with Crippen LogP contribution in [0.4, 0.5) is 17.1 Å². The van der Waals surface area contributed by atoms with Crippen molar-refractivity contribution in [2.45, 2.75) is 5.41 Å². The molecule has 1 nitrogen and oxygen atoms in total. The summed E-state index contributed by atoms with van der Waals surface area (Å²) in [5.41, 5.74) is 17.5. The van der Waals surface area contributed by atoms with Gasteiger partial charge in [0, 0.05) is 16.6 Å². The summed E-state index contributed by atoms with van der Waals surface area (Å²) in [5, 5.41) is 9.81. The quantitative estimate of drug-likeness (QED) is 0.137. The van der Waals surface area contributed by atoms with Crippen molar-refractivity contribution < 1.29 is 0 Å². The van der Waals surface area contributed by atoms with Crippen molar-refractivity contribution in [3.63, 3.8) is 0 Å². The zero-order valence-electron chi connectivity index (χ0n) is 39.6. The Morgan fingerprint density at radius 3 is 1.42 bits per heavy atom. The molecule has 0 N–H and O–H groups in total. The van der Waals surface area contributed by atoms with Crippen molar-refractivity contribution >= 4 is 60.2 Å². The van der Waals surface area contributed by atoms with Gasteiger partial charge in [-0.3, -0.25) is 0 Å². The van der Waals surface area contributed by atoms with E-state index in [1.165, 1.54) is 98.7 Å². The molecule has 0 unspecified atom stereocenters. The van der Waals surface area contributed by atoms with Gasteiger partial charge in [-0.1, -0.05) is 255 Å². The maximum Gasteiger partial charge on any atom is 0.0714 e. The van der Waals surface area contributed by atoms with Crippen LogP contribution in [0.15, 0.2) is 285 Å². The molecule has 1 aliphatic carbocycles. The SMILES string of the molecule is c1ccc(-c2c(-c3ccccc3)c3cc(-c4ccccc4N(c4ccc5c(c4)C(c4ccccc4)(c4ccccc4)c4ccccc4-5)c4cc5ccccc5c5ccccc45)ccc3c3ccccc23)cc1. The van der Waals surface area contributed by atoms with Crippen LogP contribution in [0, 0.1) is 0 Å². The summed E-state index contributed by atoms with van der Waals surface area (Å²) < 4.78 is 0. The maximum absolute atomic E-state index is 2.55. The standard InChI is InChI=1S/C71H47N/c1-5-23-48(24-6-1)69-63-38-18-16-35-58(63)59-43-41-51(45-64(59)70(69)49-25-7-2-8-26-49)56-33-20-22-40-67(56)72(68-46-50-27-13-14-32-55(50)57-34-15-17-37-62(57)68)54-42-44-61-60-36-19-21-39-65(60)71(66(61)47-54,52-28-9-3-10-29-52)53-30-11-4-12-31-53/h1-47H. The molecule has 0 saturated carbocycles. The number of rotatable bonds is 8. The first kappa shape index (κ1) is 41.7. The van der Waals surface area contributed by atoms with Gasteiger partial charge in [-0.15, -0.1) is 0 Å². The van der Waals surface area contributed by atoms with Crippen molar-refractivity contribution in [3.05, 3.63) is 307 Å². The average Bonchev–Trinajstić information content (AvgIpc) is 3.76. The maximum atomic E-state index is 2.55. The Hall–Kier alpha value is -9.30. The first-order valence-electron chi connectivity index (χ1n) is 25.0. The molecule has 0 fully saturated rings. The summed E-state index contributed by atoms with van der Waals surface area (Å²) >= 11 is 0. The average molecular weight is 914 g/mol. The summed E-state index contributed by atoms with van der Waals surface area (Å²) in [6.45, 7) is 0. The van der Waals surface area contributed by atoms with E-state index in [-0.39, 0.29) is 0 Å². The zero-order valence-corrected chi connectivity index (χ0v) is 39.6. The van der Waals surface area contributed by atoms with Crippen LogP contribution >= 0.6 is 0 Å². The lowest BCUT2D eigenvalue weighted by Crippen LogP contribution is -2.28. The van der Waals surface area contributed by atoms with E-state index < -0.39 is 5.41 Å². The van der Waals surface area contributed by atoms with Crippen LogP contribution in [-0.2, 0) is 5.41 Å². The number of benzene rings is 13. The normalized spacial score (nSPS) is 12.6. The molecular weight excluding hydrogens is 867 g/mol. The number of anilines is 3. The van der Waals surface area contributed by atoms with E-state index in [1.54, 1.807) is 0 Å². The van der Waals surface area contributed by atoms with Gasteiger partial charge in [0.1, 0.15) is 0 Å². The third-order valence-electron chi connectivity index (χ3n) is 15.3. The second kappa shape index (κ2) is 17.0. The van der Waals surface area contributed by atoms with E-state index in [0.29, 0.717) is 0 Å². The van der Waals surface area contributed by atoms with Gasteiger partial charge in [0.15, 0.2) is 0 Å². The molecule has 0 aliphatic heterocycles. The van der Waals surface area contributed by atoms with Crippen LogP contribution in [0.5, 0.6) is 0 Å². The Morgan fingerprint density at radius 1 is 0.250 bits per heavy atom. The van der Waals surface area contributed by atoms with Gasteiger partial charge in [0.2, 0.25) is 0 Å². The molecule has 1 heteroatoms. The minimum absolute atomic E-state index is 0.563. The molecule has 72 heavy (non-hydrogen) atoms. The molecule has 0 radical (unpaired) electrons. The summed E-state index contributed by atoms with van der Waals surface area (Å²) in [6, 6.07) is 106. The summed E-state index contributed by atoms with van der Waals surface area (Å²) in [6.07, 6.45) is 0. The Kier molecular flexibility index (Phi) is 9.82. The van der Waals surface area contributed by atoms with Crippen molar-refractivity contribution in [1.82, 2.24) is 0 Å². The Morgan fingerprint density at radius 2 is 0.736 bits per heavy atom. The number of fused-ring (bicyclic) bond motifs is 9. The minimum Gasteiger partial charge on any atom is -0.309 e. The molecule has 0 aromatic heterocycles. The Bertz CT molecular complexity index is 4160. The number of hydrogen-bond donors (Lipinski definition) is 0. The molecule has 0 atom stereocenters.